The minimum atomic E-state index is -0.373. The highest BCUT2D eigenvalue weighted by molar-refractivity contribution is 5.79. The first-order valence-electron chi connectivity index (χ1n) is 12.9. The number of benzene rings is 1. The van der Waals surface area contributed by atoms with Crippen LogP contribution in [0.2, 0.25) is 0 Å². The molecule has 3 aliphatic rings. The summed E-state index contributed by atoms with van der Waals surface area (Å²) in [5.74, 6) is 1.52. The number of fused-ring (bicyclic) bond motifs is 2. The normalized spacial score (nSPS) is 31.2. The number of carbonyl (C=O) groups is 1. The number of ether oxygens (including phenoxy) is 1. The number of rotatable bonds is 3. The summed E-state index contributed by atoms with van der Waals surface area (Å²) in [6.07, 6.45) is 20.1. The van der Waals surface area contributed by atoms with Gasteiger partial charge in [-0.05, 0) is 74.3 Å². The zero-order valence-corrected chi connectivity index (χ0v) is 21.4. The summed E-state index contributed by atoms with van der Waals surface area (Å²) in [6.45, 7) is 8.19. The molecule has 2 saturated carbocycles. The lowest BCUT2D eigenvalue weighted by atomic mass is 9.52. The Hall–Kier alpha value is -2.93. The Bertz CT molecular complexity index is 1040. The number of cyclic esters (lactones) is 1. The fraction of sp³-hybridized carbons (Fsp3) is 0.484. The second kappa shape index (κ2) is 11.7. The van der Waals surface area contributed by atoms with E-state index in [1.165, 1.54) is 37.8 Å². The van der Waals surface area contributed by atoms with Gasteiger partial charge in [0.1, 0.15) is 11.9 Å². The highest BCUT2D eigenvalue weighted by Gasteiger charge is 2.60. The third-order valence-electron chi connectivity index (χ3n) is 8.00. The second-order valence-electron chi connectivity index (χ2n) is 9.88. The molecule has 2 aromatic rings. The molecule has 1 saturated heterocycles. The Kier molecular flexibility index (Phi) is 8.89. The van der Waals surface area contributed by atoms with E-state index in [2.05, 4.69) is 43.8 Å². The van der Waals surface area contributed by atoms with Crippen LogP contribution in [0.5, 0.6) is 0 Å². The summed E-state index contributed by atoms with van der Waals surface area (Å²) >= 11 is 0. The van der Waals surface area contributed by atoms with Crippen molar-refractivity contribution in [2.75, 3.05) is 0 Å². The van der Waals surface area contributed by atoms with Gasteiger partial charge in [-0.1, -0.05) is 57.4 Å². The highest BCUT2D eigenvalue weighted by Crippen LogP contribution is 2.59. The van der Waals surface area contributed by atoms with Crippen LogP contribution in [0.4, 0.5) is 4.39 Å². The first-order chi connectivity index (χ1) is 17.0. The molecule has 5 rings (SSSR count). The van der Waals surface area contributed by atoms with Gasteiger partial charge in [-0.15, -0.1) is 12.8 Å². The molecule has 1 aromatic heterocycles. The summed E-state index contributed by atoms with van der Waals surface area (Å²) in [4.78, 5) is 17.3. The molecule has 0 spiro atoms. The molecule has 2 heterocycles. The fourth-order valence-electron chi connectivity index (χ4n) is 6.61. The van der Waals surface area contributed by atoms with Crippen molar-refractivity contribution in [2.45, 2.75) is 65.9 Å². The Labute approximate surface area is 210 Å². The van der Waals surface area contributed by atoms with Gasteiger partial charge >= 0.3 is 5.97 Å². The van der Waals surface area contributed by atoms with Crippen molar-refractivity contribution in [3.05, 3.63) is 60.2 Å². The van der Waals surface area contributed by atoms with Crippen molar-refractivity contribution in [3.8, 4) is 24.0 Å². The average molecular weight is 476 g/mol. The molecule has 0 radical (unpaired) electrons. The SMILES string of the molecule is C#C.CC.C[C@H]1OC(=O)[C@]2(C)CC3CCCCC3C(/C=C/c3ccc(-c4cccc(F)c4)cn3)[C@H]12. The van der Waals surface area contributed by atoms with Crippen LogP contribution in [0.15, 0.2) is 48.7 Å². The topological polar surface area (TPSA) is 39.2 Å². The van der Waals surface area contributed by atoms with E-state index >= 15 is 0 Å². The molecule has 1 aromatic carbocycles. The molecule has 0 amide bonds. The number of hydrogen-bond donors (Lipinski definition) is 0. The van der Waals surface area contributed by atoms with E-state index < -0.39 is 0 Å². The van der Waals surface area contributed by atoms with Gasteiger partial charge in [-0.3, -0.25) is 9.78 Å². The van der Waals surface area contributed by atoms with Gasteiger partial charge in [0.05, 0.1) is 11.1 Å². The minimum Gasteiger partial charge on any atom is -0.462 e. The number of allylic oxidation sites excluding steroid dienone is 1. The Balaban J connectivity index is 0.000000815. The number of terminal acetylenes is 1. The first kappa shape index (κ1) is 26.7. The zero-order valence-electron chi connectivity index (χ0n) is 21.4. The quantitative estimate of drug-likeness (QED) is 0.339. The molecule has 0 N–H and O–H groups in total. The third kappa shape index (κ3) is 5.35. The van der Waals surface area contributed by atoms with Crippen LogP contribution >= 0.6 is 0 Å². The number of aromatic nitrogens is 1. The van der Waals surface area contributed by atoms with Crippen LogP contribution in [0, 0.1) is 47.8 Å². The van der Waals surface area contributed by atoms with Crippen molar-refractivity contribution in [1.29, 1.82) is 0 Å². The molecule has 6 atom stereocenters. The lowest BCUT2D eigenvalue weighted by Gasteiger charge is -2.49. The number of pyridine rings is 1. The highest BCUT2D eigenvalue weighted by atomic mass is 19.1. The maximum Gasteiger partial charge on any atom is 0.312 e. The standard InChI is InChI=1S/C27H30FNO2.C2H6.C2H2/c1-17-25-24(23-9-4-3-6-19(23)15-27(25,2)26(30)31-17)13-12-22-11-10-20(16-29-22)18-7-5-8-21(28)14-18;2*1-2/h5,7-8,10-14,16-17,19,23-25H,3-4,6,9,15H2,1-2H3;1-2H3;1-2H/b13-12+;;/t17-,19?,23?,24?,25+,27-;;/m1../s1. The molecule has 2 aliphatic carbocycles. The summed E-state index contributed by atoms with van der Waals surface area (Å²) < 4.78 is 19.3. The van der Waals surface area contributed by atoms with Gasteiger partial charge in [0.15, 0.2) is 0 Å². The van der Waals surface area contributed by atoms with Gasteiger partial charge < -0.3 is 4.74 Å². The Morgan fingerprint density at radius 3 is 2.54 bits per heavy atom. The predicted octanol–water partition coefficient (Wildman–Crippen LogP) is 7.57. The van der Waals surface area contributed by atoms with Crippen LogP contribution < -0.4 is 0 Å². The molecule has 1 aliphatic heterocycles. The molecule has 3 fully saturated rings. The average Bonchev–Trinajstić information content (AvgIpc) is 3.12. The van der Waals surface area contributed by atoms with E-state index in [-0.39, 0.29) is 29.2 Å². The summed E-state index contributed by atoms with van der Waals surface area (Å²) in [5, 5.41) is 0. The van der Waals surface area contributed by atoms with Crippen LogP contribution in [0.3, 0.4) is 0 Å². The molecule has 3 nitrogen and oxygen atoms in total. The fourth-order valence-corrected chi connectivity index (χ4v) is 6.61. The Morgan fingerprint density at radius 2 is 1.86 bits per heavy atom. The molecule has 4 heteroatoms. The Morgan fingerprint density at radius 1 is 1.11 bits per heavy atom. The molecular weight excluding hydrogens is 437 g/mol. The predicted molar refractivity (Wildman–Crippen MR) is 141 cm³/mol. The van der Waals surface area contributed by atoms with Gasteiger partial charge in [-0.25, -0.2) is 4.39 Å². The lowest BCUT2D eigenvalue weighted by Crippen LogP contribution is -2.48. The minimum absolute atomic E-state index is 0.00926. The van der Waals surface area contributed by atoms with Gasteiger partial charge in [0.2, 0.25) is 0 Å². The van der Waals surface area contributed by atoms with E-state index in [0.29, 0.717) is 17.8 Å². The second-order valence-corrected chi connectivity index (χ2v) is 9.88. The van der Waals surface area contributed by atoms with Crippen molar-refractivity contribution in [3.63, 3.8) is 0 Å². The van der Waals surface area contributed by atoms with E-state index in [9.17, 15) is 9.18 Å². The lowest BCUT2D eigenvalue weighted by molar-refractivity contribution is -0.149. The molecule has 186 valence electrons. The van der Waals surface area contributed by atoms with Crippen molar-refractivity contribution in [2.24, 2.45) is 29.1 Å². The molecule has 0 bridgehead atoms. The summed E-state index contributed by atoms with van der Waals surface area (Å²) in [6, 6.07) is 10.5. The molecule has 35 heavy (non-hydrogen) atoms. The van der Waals surface area contributed by atoms with Gasteiger partial charge in [0, 0.05) is 17.7 Å². The van der Waals surface area contributed by atoms with Crippen molar-refractivity contribution in [1.82, 2.24) is 4.98 Å². The summed E-state index contributed by atoms with van der Waals surface area (Å²) in [5.41, 5.74) is 2.24. The van der Waals surface area contributed by atoms with Crippen LogP contribution in [-0.2, 0) is 9.53 Å². The molecular formula is C31H38FNO2. The van der Waals surface area contributed by atoms with E-state index in [1.807, 2.05) is 32.0 Å². The molecule has 3 unspecified atom stereocenters. The summed E-state index contributed by atoms with van der Waals surface area (Å²) in [7, 11) is 0. The maximum atomic E-state index is 13.5. The number of esters is 1. The number of carbonyl (C=O) groups excluding carboxylic acids is 1. The van der Waals surface area contributed by atoms with E-state index in [0.717, 1.165) is 23.2 Å². The van der Waals surface area contributed by atoms with Crippen LogP contribution in [-0.4, -0.2) is 17.1 Å². The number of hydrogen-bond acceptors (Lipinski definition) is 3. The van der Waals surface area contributed by atoms with E-state index in [4.69, 9.17) is 4.74 Å². The van der Waals surface area contributed by atoms with Crippen molar-refractivity contribution >= 4 is 12.0 Å². The van der Waals surface area contributed by atoms with Crippen LogP contribution in [0.25, 0.3) is 17.2 Å². The third-order valence-corrected chi connectivity index (χ3v) is 8.00. The van der Waals surface area contributed by atoms with Crippen LogP contribution in [0.1, 0.15) is 65.5 Å². The monoisotopic (exact) mass is 475 g/mol. The van der Waals surface area contributed by atoms with Gasteiger partial charge in [0.25, 0.3) is 0 Å². The first-order valence-corrected chi connectivity index (χ1v) is 12.9. The maximum absolute atomic E-state index is 13.5. The van der Waals surface area contributed by atoms with Crippen molar-refractivity contribution < 1.29 is 13.9 Å². The van der Waals surface area contributed by atoms with E-state index in [1.54, 1.807) is 12.3 Å². The van der Waals surface area contributed by atoms with Gasteiger partial charge in [-0.2, -0.15) is 0 Å². The number of halogens is 1. The number of nitrogens with zero attached hydrogens (tertiary/aromatic N) is 1. The zero-order chi connectivity index (χ0) is 25.6. The smallest absolute Gasteiger partial charge is 0.312 e. The largest absolute Gasteiger partial charge is 0.462 e.